The first-order valence-electron chi connectivity index (χ1n) is 4.90. The van der Waals surface area contributed by atoms with Crippen LogP contribution in [-0.4, -0.2) is 6.04 Å². The standard InChI is InChI=1S/C12H16N2/c1-9(2)10(3)14-12-6-4-11(8-13)5-7-12/h4-7,9-10,14H,1-3H3/t10-/m1/s1. The summed E-state index contributed by atoms with van der Waals surface area (Å²) < 4.78 is 0. The third kappa shape index (κ3) is 2.77. The van der Waals surface area contributed by atoms with E-state index in [1.54, 1.807) is 0 Å². The lowest BCUT2D eigenvalue weighted by atomic mass is 10.1. The molecule has 14 heavy (non-hydrogen) atoms. The molecule has 2 nitrogen and oxygen atoms in total. The van der Waals surface area contributed by atoms with E-state index in [0.717, 1.165) is 5.69 Å². The van der Waals surface area contributed by atoms with Gasteiger partial charge in [-0.1, -0.05) is 13.8 Å². The summed E-state index contributed by atoms with van der Waals surface area (Å²) in [5, 5.41) is 12.0. The van der Waals surface area contributed by atoms with E-state index in [-0.39, 0.29) is 0 Å². The number of benzene rings is 1. The predicted octanol–water partition coefficient (Wildman–Crippen LogP) is 3.01. The van der Waals surface area contributed by atoms with Crippen molar-refractivity contribution >= 4 is 5.69 Å². The summed E-state index contributed by atoms with van der Waals surface area (Å²) in [4.78, 5) is 0. The maximum absolute atomic E-state index is 8.63. The first kappa shape index (κ1) is 10.6. The summed E-state index contributed by atoms with van der Waals surface area (Å²) in [7, 11) is 0. The van der Waals surface area contributed by atoms with E-state index < -0.39 is 0 Å². The van der Waals surface area contributed by atoms with Gasteiger partial charge in [0.25, 0.3) is 0 Å². The molecule has 1 aromatic carbocycles. The molecule has 0 aliphatic carbocycles. The van der Waals surface area contributed by atoms with Crippen molar-refractivity contribution in [2.45, 2.75) is 26.8 Å². The normalized spacial score (nSPS) is 12.2. The Hall–Kier alpha value is -1.49. The molecule has 0 aromatic heterocycles. The Kier molecular flexibility index (Phi) is 3.53. The van der Waals surface area contributed by atoms with Crippen molar-refractivity contribution in [3.8, 4) is 6.07 Å². The summed E-state index contributed by atoms with van der Waals surface area (Å²) >= 11 is 0. The van der Waals surface area contributed by atoms with E-state index in [1.807, 2.05) is 24.3 Å². The van der Waals surface area contributed by atoms with Crippen LogP contribution in [0.25, 0.3) is 0 Å². The molecule has 0 aliphatic rings. The van der Waals surface area contributed by atoms with Crippen LogP contribution in [0.3, 0.4) is 0 Å². The molecule has 0 spiro atoms. The van der Waals surface area contributed by atoms with E-state index in [0.29, 0.717) is 17.5 Å². The van der Waals surface area contributed by atoms with Crippen molar-refractivity contribution < 1.29 is 0 Å². The highest BCUT2D eigenvalue weighted by Gasteiger charge is 2.05. The molecule has 74 valence electrons. The van der Waals surface area contributed by atoms with Crippen molar-refractivity contribution in [2.75, 3.05) is 5.32 Å². The van der Waals surface area contributed by atoms with E-state index >= 15 is 0 Å². The molecule has 1 N–H and O–H groups in total. The minimum atomic E-state index is 0.447. The number of nitrogens with one attached hydrogen (secondary N) is 1. The summed E-state index contributed by atoms with van der Waals surface area (Å²) in [6.07, 6.45) is 0. The van der Waals surface area contributed by atoms with Gasteiger partial charge in [-0.3, -0.25) is 0 Å². The van der Waals surface area contributed by atoms with E-state index in [1.165, 1.54) is 0 Å². The molecule has 0 saturated heterocycles. The molecule has 2 heteroatoms. The third-order valence-electron chi connectivity index (χ3n) is 2.41. The fourth-order valence-electron chi connectivity index (χ4n) is 1.07. The van der Waals surface area contributed by atoms with Crippen LogP contribution in [0.1, 0.15) is 26.3 Å². The monoisotopic (exact) mass is 188 g/mol. The average molecular weight is 188 g/mol. The van der Waals surface area contributed by atoms with Crippen molar-refractivity contribution in [2.24, 2.45) is 5.92 Å². The highest BCUT2D eigenvalue weighted by Crippen LogP contribution is 2.13. The number of anilines is 1. The zero-order valence-electron chi connectivity index (χ0n) is 8.91. The van der Waals surface area contributed by atoms with Gasteiger partial charge in [-0.2, -0.15) is 5.26 Å². The zero-order chi connectivity index (χ0) is 10.6. The van der Waals surface area contributed by atoms with Crippen LogP contribution < -0.4 is 5.32 Å². The van der Waals surface area contributed by atoms with Crippen LogP contribution >= 0.6 is 0 Å². The molecule has 0 aliphatic heterocycles. The van der Waals surface area contributed by atoms with Crippen LogP contribution in [0.5, 0.6) is 0 Å². The zero-order valence-corrected chi connectivity index (χ0v) is 8.91. The summed E-state index contributed by atoms with van der Waals surface area (Å²) in [6, 6.07) is 10.1. The number of nitriles is 1. The van der Waals surface area contributed by atoms with Gasteiger partial charge in [0.1, 0.15) is 0 Å². The second-order valence-electron chi connectivity index (χ2n) is 3.87. The minimum Gasteiger partial charge on any atom is -0.382 e. The van der Waals surface area contributed by atoms with Gasteiger partial charge < -0.3 is 5.32 Å². The third-order valence-corrected chi connectivity index (χ3v) is 2.41. The Morgan fingerprint density at radius 1 is 1.14 bits per heavy atom. The number of hydrogen-bond acceptors (Lipinski definition) is 2. The van der Waals surface area contributed by atoms with E-state index in [2.05, 4.69) is 32.2 Å². The Bertz CT molecular complexity index is 319. The molecule has 0 saturated carbocycles. The van der Waals surface area contributed by atoms with Gasteiger partial charge >= 0.3 is 0 Å². The van der Waals surface area contributed by atoms with Crippen molar-refractivity contribution in [3.63, 3.8) is 0 Å². The number of rotatable bonds is 3. The van der Waals surface area contributed by atoms with Crippen molar-refractivity contribution in [1.82, 2.24) is 0 Å². The molecular weight excluding hydrogens is 172 g/mol. The smallest absolute Gasteiger partial charge is 0.0991 e. The molecular formula is C12H16N2. The molecule has 1 atom stereocenters. The Morgan fingerprint density at radius 3 is 2.14 bits per heavy atom. The van der Waals surface area contributed by atoms with Gasteiger partial charge in [0, 0.05) is 11.7 Å². The summed E-state index contributed by atoms with van der Waals surface area (Å²) in [5.74, 6) is 0.602. The predicted molar refractivity (Wildman–Crippen MR) is 59.1 cm³/mol. The highest BCUT2D eigenvalue weighted by molar-refractivity contribution is 5.47. The molecule has 0 unspecified atom stereocenters. The van der Waals surface area contributed by atoms with Crippen LogP contribution in [0.2, 0.25) is 0 Å². The first-order valence-corrected chi connectivity index (χ1v) is 4.90. The Morgan fingerprint density at radius 2 is 1.71 bits per heavy atom. The molecule has 1 aromatic rings. The second-order valence-corrected chi connectivity index (χ2v) is 3.87. The van der Waals surface area contributed by atoms with Crippen molar-refractivity contribution in [3.05, 3.63) is 29.8 Å². The molecule has 0 radical (unpaired) electrons. The quantitative estimate of drug-likeness (QED) is 0.791. The molecule has 0 heterocycles. The minimum absolute atomic E-state index is 0.447. The lowest BCUT2D eigenvalue weighted by molar-refractivity contribution is 0.560. The molecule has 1 rings (SSSR count). The lowest BCUT2D eigenvalue weighted by Crippen LogP contribution is -2.21. The first-order chi connectivity index (χ1) is 6.63. The van der Waals surface area contributed by atoms with Crippen LogP contribution in [0.4, 0.5) is 5.69 Å². The topological polar surface area (TPSA) is 35.8 Å². The number of hydrogen-bond donors (Lipinski definition) is 1. The van der Waals surface area contributed by atoms with Crippen LogP contribution in [-0.2, 0) is 0 Å². The summed E-state index contributed by atoms with van der Waals surface area (Å²) in [6.45, 7) is 6.52. The highest BCUT2D eigenvalue weighted by atomic mass is 14.9. The lowest BCUT2D eigenvalue weighted by Gasteiger charge is -2.18. The van der Waals surface area contributed by atoms with Crippen LogP contribution in [0, 0.1) is 17.2 Å². The second kappa shape index (κ2) is 4.66. The molecule has 0 amide bonds. The average Bonchev–Trinajstić information content (AvgIpc) is 2.19. The van der Waals surface area contributed by atoms with Gasteiger partial charge in [0.2, 0.25) is 0 Å². The maximum atomic E-state index is 8.63. The van der Waals surface area contributed by atoms with E-state index in [4.69, 9.17) is 5.26 Å². The fourth-order valence-corrected chi connectivity index (χ4v) is 1.07. The van der Waals surface area contributed by atoms with Gasteiger partial charge in [0.15, 0.2) is 0 Å². The SMILES string of the molecule is CC(C)[C@@H](C)Nc1ccc(C#N)cc1. The van der Waals surface area contributed by atoms with E-state index in [9.17, 15) is 0 Å². The molecule has 0 fully saturated rings. The van der Waals surface area contributed by atoms with Gasteiger partial charge in [-0.25, -0.2) is 0 Å². The Labute approximate surface area is 85.6 Å². The Balaban J connectivity index is 2.65. The maximum Gasteiger partial charge on any atom is 0.0991 e. The van der Waals surface area contributed by atoms with Gasteiger partial charge in [-0.05, 0) is 37.1 Å². The fraction of sp³-hybridized carbons (Fsp3) is 0.417. The number of nitrogens with zero attached hydrogens (tertiary/aromatic N) is 1. The van der Waals surface area contributed by atoms with Gasteiger partial charge in [0.05, 0.1) is 11.6 Å². The van der Waals surface area contributed by atoms with Crippen molar-refractivity contribution in [1.29, 1.82) is 5.26 Å². The van der Waals surface area contributed by atoms with Gasteiger partial charge in [-0.15, -0.1) is 0 Å². The molecule has 0 bridgehead atoms. The largest absolute Gasteiger partial charge is 0.382 e. The summed E-state index contributed by atoms with van der Waals surface area (Å²) in [5.41, 5.74) is 1.78. The van der Waals surface area contributed by atoms with Crippen LogP contribution in [0.15, 0.2) is 24.3 Å².